The summed E-state index contributed by atoms with van der Waals surface area (Å²) in [5.74, 6) is -0.498. The summed E-state index contributed by atoms with van der Waals surface area (Å²) < 4.78 is 0. The van der Waals surface area contributed by atoms with Crippen LogP contribution in [0.3, 0.4) is 0 Å². The van der Waals surface area contributed by atoms with E-state index in [0.717, 1.165) is 16.7 Å². The number of amides is 1. The van der Waals surface area contributed by atoms with Crippen LogP contribution in [0.15, 0.2) is 72.1 Å². The molecule has 2 aromatic carbocycles. The summed E-state index contributed by atoms with van der Waals surface area (Å²) in [6, 6.07) is 16.1. The lowest BCUT2D eigenvalue weighted by Gasteiger charge is -2.04. The summed E-state index contributed by atoms with van der Waals surface area (Å²) >= 11 is 0. The Morgan fingerprint density at radius 3 is 2.60 bits per heavy atom. The number of carbonyl (C=O) groups excluding carboxylic acids is 1. The number of nitro groups is 1. The van der Waals surface area contributed by atoms with Crippen LogP contribution in [0.25, 0.3) is 22.0 Å². The van der Waals surface area contributed by atoms with Gasteiger partial charge in [-0.3, -0.25) is 19.9 Å². The Morgan fingerprint density at radius 2 is 1.90 bits per heavy atom. The number of rotatable bonds is 5. The fraction of sp³-hybridized carbons (Fsp3) is 0.0455. The molecule has 2 N–H and O–H groups in total. The van der Waals surface area contributed by atoms with Gasteiger partial charge in [0.05, 0.1) is 11.1 Å². The normalized spacial score (nSPS) is 11.1. The van der Waals surface area contributed by atoms with Crippen molar-refractivity contribution < 1.29 is 9.72 Å². The minimum Gasteiger partial charge on any atom is -0.344 e. The smallest absolute Gasteiger partial charge is 0.293 e. The number of hydrazone groups is 1. The van der Waals surface area contributed by atoms with Crippen LogP contribution in [0.2, 0.25) is 0 Å². The number of carbonyl (C=O) groups is 1. The molecule has 0 unspecified atom stereocenters. The van der Waals surface area contributed by atoms with E-state index in [-0.39, 0.29) is 11.4 Å². The monoisotopic (exact) mass is 399 g/mol. The third-order valence-corrected chi connectivity index (χ3v) is 4.60. The van der Waals surface area contributed by atoms with E-state index < -0.39 is 10.8 Å². The Hall–Kier alpha value is -4.33. The first kappa shape index (κ1) is 19.0. The molecule has 2 aromatic heterocycles. The van der Waals surface area contributed by atoms with Crippen LogP contribution in [0.1, 0.15) is 21.6 Å². The van der Waals surface area contributed by atoms with Gasteiger partial charge in [0.1, 0.15) is 11.2 Å². The van der Waals surface area contributed by atoms with Crippen molar-refractivity contribution in [2.75, 3.05) is 0 Å². The highest BCUT2D eigenvalue weighted by Crippen LogP contribution is 2.37. The zero-order valence-electron chi connectivity index (χ0n) is 16.0. The van der Waals surface area contributed by atoms with E-state index in [0.29, 0.717) is 16.5 Å². The van der Waals surface area contributed by atoms with E-state index >= 15 is 0 Å². The highest BCUT2D eigenvalue weighted by molar-refractivity contribution is 6.11. The standard InChI is InChI=1S/C22H17N5O3/c1-14-11-17-19(16-5-3-2-4-6-16)21(25-20(17)18(12-14)27(29)30)22(28)26-24-13-15-7-9-23-10-8-15/h2-13,25H,1H3,(H,26,28)/b24-13+. The second-order valence-electron chi connectivity index (χ2n) is 6.68. The van der Waals surface area contributed by atoms with Crippen LogP contribution in [-0.4, -0.2) is 27.0 Å². The number of aromatic amines is 1. The molecule has 4 aromatic rings. The fourth-order valence-corrected chi connectivity index (χ4v) is 3.31. The van der Waals surface area contributed by atoms with Gasteiger partial charge < -0.3 is 4.98 Å². The Labute approximate surface area is 171 Å². The number of nitrogens with zero attached hydrogens (tertiary/aromatic N) is 3. The maximum absolute atomic E-state index is 12.9. The number of fused-ring (bicyclic) bond motifs is 1. The van der Waals surface area contributed by atoms with Gasteiger partial charge >= 0.3 is 0 Å². The van der Waals surface area contributed by atoms with Crippen molar-refractivity contribution in [2.24, 2.45) is 5.10 Å². The number of nitro benzene ring substituents is 1. The van der Waals surface area contributed by atoms with E-state index in [1.165, 1.54) is 12.3 Å². The average Bonchev–Trinajstić information content (AvgIpc) is 3.13. The van der Waals surface area contributed by atoms with E-state index in [2.05, 4.69) is 20.5 Å². The predicted octanol–water partition coefficient (Wildman–Crippen LogP) is 4.21. The summed E-state index contributed by atoms with van der Waals surface area (Å²) in [5.41, 5.74) is 5.78. The van der Waals surface area contributed by atoms with Crippen LogP contribution in [0.5, 0.6) is 0 Å². The summed E-state index contributed by atoms with van der Waals surface area (Å²) in [6.45, 7) is 1.78. The molecule has 0 aliphatic carbocycles. The average molecular weight is 399 g/mol. The number of hydrogen-bond acceptors (Lipinski definition) is 5. The molecule has 2 heterocycles. The maximum atomic E-state index is 12.9. The molecule has 0 spiro atoms. The number of H-pyrrole nitrogens is 1. The summed E-state index contributed by atoms with van der Waals surface area (Å²) in [4.78, 5) is 30.9. The number of pyridine rings is 1. The lowest BCUT2D eigenvalue weighted by atomic mass is 10.00. The van der Waals surface area contributed by atoms with Crippen molar-refractivity contribution in [2.45, 2.75) is 6.92 Å². The Balaban J connectivity index is 1.82. The van der Waals surface area contributed by atoms with E-state index in [9.17, 15) is 14.9 Å². The molecule has 0 aliphatic heterocycles. The van der Waals surface area contributed by atoms with Gasteiger partial charge in [-0.15, -0.1) is 0 Å². The number of aromatic nitrogens is 2. The number of aryl methyl sites for hydroxylation is 1. The highest BCUT2D eigenvalue weighted by Gasteiger charge is 2.24. The first-order valence-corrected chi connectivity index (χ1v) is 9.14. The first-order valence-electron chi connectivity index (χ1n) is 9.14. The minimum atomic E-state index is -0.498. The molecule has 0 fully saturated rings. The molecule has 0 radical (unpaired) electrons. The first-order chi connectivity index (χ1) is 14.5. The molecule has 148 valence electrons. The maximum Gasteiger partial charge on any atom is 0.293 e. The van der Waals surface area contributed by atoms with Gasteiger partial charge in [-0.25, -0.2) is 5.43 Å². The minimum absolute atomic E-state index is 0.0819. The quantitative estimate of drug-likeness (QED) is 0.297. The molecular weight excluding hydrogens is 382 g/mol. The van der Waals surface area contributed by atoms with Gasteiger partial charge in [0.15, 0.2) is 0 Å². The number of nitrogens with one attached hydrogen (secondary N) is 2. The van der Waals surface area contributed by atoms with Crippen LogP contribution in [0, 0.1) is 17.0 Å². The lowest BCUT2D eigenvalue weighted by Crippen LogP contribution is -2.18. The molecular formula is C22H17N5O3. The molecule has 0 bridgehead atoms. The molecule has 4 rings (SSSR count). The molecule has 0 atom stereocenters. The fourth-order valence-electron chi connectivity index (χ4n) is 3.31. The summed E-state index contributed by atoms with van der Waals surface area (Å²) in [5, 5.41) is 16.2. The van der Waals surface area contributed by atoms with Crippen LogP contribution < -0.4 is 5.43 Å². The third kappa shape index (κ3) is 3.66. The zero-order valence-corrected chi connectivity index (χ0v) is 16.0. The molecule has 0 saturated heterocycles. The second kappa shape index (κ2) is 7.96. The highest BCUT2D eigenvalue weighted by atomic mass is 16.6. The van der Waals surface area contributed by atoms with Crippen molar-refractivity contribution in [1.82, 2.24) is 15.4 Å². The van der Waals surface area contributed by atoms with Crippen molar-refractivity contribution in [3.63, 3.8) is 0 Å². The second-order valence-corrected chi connectivity index (χ2v) is 6.68. The summed E-state index contributed by atoms with van der Waals surface area (Å²) in [7, 11) is 0. The molecule has 1 amide bonds. The zero-order chi connectivity index (χ0) is 21.1. The molecule has 0 aliphatic rings. The molecule has 30 heavy (non-hydrogen) atoms. The third-order valence-electron chi connectivity index (χ3n) is 4.60. The Kier molecular flexibility index (Phi) is 5.04. The van der Waals surface area contributed by atoms with Crippen LogP contribution >= 0.6 is 0 Å². The predicted molar refractivity (Wildman–Crippen MR) is 114 cm³/mol. The van der Waals surface area contributed by atoms with Gasteiger partial charge in [0, 0.05) is 29.4 Å². The van der Waals surface area contributed by atoms with Gasteiger partial charge in [-0.2, -0.15) is 5.10 Å². The Morgan fingerprint density at radius 1 is 1.17 bits per heavy atom. The van der Waals surface area contributed by atoms with Gasteiger partial charge in [0.25, 0.3) is 11.6 Å². The number of benzene rings is 2. The molecule has 0 saturated carbocycles. The van der Waals surface area contributed by atoms with Gasteiger partial charge in [0.2, 0.25) is 0 Å². The Bertz CT molecular complexity index is 1260. The largest absolute Gasteiger partial charge is 0.344 e. The molecule has 8 heteroatoms. The van der Waals surface area contributed by atoms with Crippen molar-refractivity contribution in [3.05, 3.63) is 93.9 Å². The summed E-state index contributed by atoms with van der Waals surface area (Å²) in [6.07, 6.45) is 4.74. The molecule has 8 nitrogen and oxygen atoms in total. The van der Waals surface area contributed by atoms with Gasteiger partial charge in [-0.05, 0) is 41.8 Å². The van der Waals surface area contributed by atoms with Crippen LogP contribution in [0.4, 0.5) is 5.69 Å². The van der Waals surface area contributed by atoms with E-state index in [4.69, 9.17) is 0 Å². The van der Waals surface area contributed by atoms with Crippen molar-refractivity contribution in [3.8, 4) is 11.1 Å². The van der Waals surface area contributed by atoms with E-state index in [1.807, 2.05) is 36.4 Å². The van der Waals surface area contributed by atoms with Crippen LogP contribution in [-0.2, 0) is 0 Å². The lowest BCUT2D eigenvalue weighted by molar-refractivity contribution is -0.383. The topological polar surface area (TPSA) is 113 Å². The van der Waals surface area contributed by atoms with Crippen molar-refractivity contribution in [1.29, 1.82) is 0 Å². The number of non-ortho nitro benzene ring substituents is 1. The van der Waals surface area contributed by atoms with E-state index in [1.54, 1.807) is 31.5 Å². The van der Waals surface area contributed by atoms with Gasteiger partial charge in [-0.1, -0.05) is 30.3 Å². The van der Waals surface area contributed by atoms with Crippen molar-refractivity contribution >= 4 is 28.7 Å². The number of hydrogen-bond donors (Lipinski definition) is 2. The SMILES string of the molecule is Cc1cc([N+](=O)[O-])c2[nH]c(C(=O)N/N=C/c3ccncc3)c(-c3ccccc3)c2c1.